The van der Waals surface area contributed by atoms with E-state index < -0.39 is 0 Å². The highest BCUT2D eigenvalue weighted by atomic mass is 16.6. The van der Waals surface area contributed by atoms with E-state index in [0.717, 1.165) is 37.6 Å². The molecular weight excluding hydrogens is 254 g/mol. The van der Waals surface area contributed by atoms with E-state index in [9.17, 15) is 0 Å². The van der Waals surface area contributed by atoms with E-state index in [2.05, 4.69) is 17.4 Å². The standard InChI is InChI=1S/C16H23NO3/c1-18-16-9-12(13-3-2-7-17-10-13)4-5-15(16)20-14-6-8-19-11-14/h4-5,9,13-14,17H,2-3,6-8,10-11H2,1H3. The molecule has 4 heteroatoms. The first kappa shape index (κ1) is 13.7. The van der Waals surface area contributed by atoms with Crippen LogP contribution in [0.1, 0.15) is 30.7 Å². The number of benzene rings is 1. The van der Waals surface area contributed by atoms with E-state index in [-0.39, 0.29) is 6.10 Å². The van der Waals surface area contributed by atoms with E-state index in [1.807, 2.05) is 6.07 Å². The monoisotopic (exact) mass is 277 g/mol. The minimum absolute atomic E-state index is 0.158. The van der Waals surface area contributed by atoms with Gasteiger partial charge in [0.25, 0.3) is 0 Å². The molecule has 0 saturated carbocycles. The van der Waals surface area contributed by atoms with Gasteiger partial charge in [0.05, 0.1) is 20.3 Å². The Morgan fingerprint density at radius 3 is 2.90 bits per heavy atom. The van der Waals surface area contributed by atoms with Gasteiger partial charge < -0.3 is 19.5 Å². The van der Waals surface area contributed by atoms with Crippen molar-refractivity contribution in [2.24, 2.45) is 0 Å². The molecule has 1 N–H and O–H groups in total. The average molecular weight is 277 g/mol. The van der Waals surface area contributed by atoms with Gasteiger partial charge in [-0.3, -0.25) is 0 Å². The molecule has 2 heterocycles. The molecule has 2 unspecified atom stereocenters. The van der Waals surface area contributed by atoms with Crippen molar-refractivity contribution in [2.45, 2.75) is 31.3 Å². The minimum atomic E-state index is 0.158. The molecule has 0 amide bonds. The summed E-state index contributed by atoms with van der Waals surface area (Å²) in [5.74, 6) is 2.25. The third kappa shape index (κ3) is 3.07. The van der Waals surface area contributed by atoms with Gasteiger partial charge in [-0.05, 0) is 43.0 Å². The summed E-state index contributed by atoms with van der Waals surface area (Å²) in [5, 5.41) is 3.46. The molecule has 4 nitrogen and oxygen atoms in total. The second kappa shape index (κ2) is 6.46. The Kier molecular flexibility index (Phi) is 4.43. The molecule has 0 spiro atoms. The van der Waals surface area contributed by atoms with Gasteiger partial charge in [-0.15, -0.1) is 0 Å². The maximum absolute atomic E-state index is 5.97. The highest BCUT2D eigenvalue weighted by molar-refractivity contribution is 5.44. The number of rotatable bonds is 4. The summed E-state index contributed by atoms with van der Waals surface area (Å²) in [6.45, 7) is 3.66. The molecule has 20 heavy (non-hydrogen) atoms. The first-order valence-corrected chi connectivity index (χ1v) is 7.50. The largest absolute Gasteiger partial charge is 0.493 e. The Labute approximate surface area is 120 Å². The molecule has 2 aliphatic rings. The normalized spacial score (nSPS) is 26.4. The number of ether oxygens (including phenoxy) is 3. The first-order valence-electron chi connectivity index (χ1n) is 7.50. The van der Waals surface area contributed by atoms with Crippen molar-refractivity contribution in [3.8, 4) is 11.5 Å². The molecule has 1 aromatic rings. The van der Waals surface area contributed by atoms with Crippen LogP contribution in [0.3, 0.4) is 0 Å². The van der Waals surface area contributed by atoms with Gasteiger partial charge in [-0.1, -0.05) is 6.07 Å². The number of methoxy groups -OCH3 is 1. The molecule has 2 aliphatic heterocycles. The summed E-state index contributed by atoms with van der Waals surface area (Å²) in [7, 11) is 1.70. The zero-order chi connectivity index (χ0) is 13.8. The predicted molar refractivity (Wildman–Crippen MR) is 77.7 cm³/mol. The van der Waals surface area contributed by atoms with E-state index in [1.165, 1.54) is 18.4 Å². The molecule has 2 atom stereocenters. The number of hydrogen-bond acceptors (Lipinski definition) is 4. The Morgan fingerprint density at radius 1 is 1.25 bits per heavy atom. The molecule has 0 aliphatic carbocycles. The van der Waals surface area contributed by atoms with Gasteiger partial charge in [0.1, 0.15) is 6.10 Å². The summed E-state index contributed by atoms with van der Waals surface area (Å²) in [5.41, 5.74) is 1.34. The lowest BCUT2D eigenvalue weighted by molar-refractivity contribution is 0.138. The highest BCUT2D eigenvalue weighted by Crippen LogP contribution is 2.34. The summed E-state index contributed by atoms with van der Waals surface area (Å²) >= 11 is 0. The van der Waals surface area contributed by atoms with Gasteiger partial charge in [0, 0.05) is 13.0 Å². The number of nitrogens with one attached hydrogen (secondary N) is 1. The van der Waals surface area contributed by atoms with Crippen LogP contribution in [0.5, 0.6) is 11.5 Å². The first-order chi connectivity index (χ1) is 9.86. The lowest BCUT2D eigenvalue weighted by Crippen LogP contribution is -2.28. The van der Waals surface area contributed by atoms with Crippen LogP contribution in [0.4, 0.5) is 0 Å². The molecular formula is C16H23NO3. The van der Waals surface area contributed by atoms with Gasteiger partial charge in [-0.2, -0.15) is 0 Å². The topological polar surface area (TPSA) is 39.7 Å². The van der Waals surface area contributed by atoms with Crippen molar-refractivity contribution in [1.82, 2.24) is 5.32 Å². The van der Waals surface area contributed by atoms with Gasteiger partial charge in [0.2, 0.25) is 0 Å². The second-order valence-corrected chi connectivity index (χ2v) is 5.56. The van der Waals surface area contributed by atoms with E-state index in [4.69, 9.17) is 14.2 Å². The molecule has 0 radical (unpaired) electrons. The second-order valence-electron chi connectivity index (χ2n) is 5.56. The van der Waals surface area contributed by atoms with Crippen LogP contribution in [0, 0.1) is 0 Å². The molecule has 0 bridgehead atoms. The van der Waals surface area contributed by atoms with Crippen molar-refractivity contribution in [2.75, 3.05) is 33.4 Å². The quantitative estimate of drug-likeness (QED) is 0.917. The van der Waals surface area contributed by atoms with Gasteiger partial charge in [0.15, 0.2) is 11.5 Å². The Morgan fingerprint density at radius 2 is 2.20 bits per heavy atom. The summed E-state index contributed by atoms with van der Waals surface area (Å²) in [4.78, 5) is 0. The van der Waals surface area contributed by atoms with Gasteiger partial charge in [-0.25, -0.2) is 0 Å². The van der Waals surface area contributed by atoms with Crippen molar-refractivity contribution in [1.29, 1.82) is 0 Å². The van der Waals surface area contributed by atoms with Crippen molar-refractivity contribution in [3.63, 3.8) is 0 Å². The Bertz CT molecular complexity index is 437. The van der Waals surface area contributed by atoms with E-state index in [0.29, 0.717) is 12.5 Å². The van der Waals surface area contributed by atoms with Gasteiger partial charge >= 0.3 is 0 Å². The number of piperidine rings is 1. The Balaban J connectivity index is 1.74. The van der Waals surface area contributed by atoms with Crippen LogP contribution >= 0.6 is 0 Å². The van der Waals surface area contributed by atoms with Crippen LogP contribution in [-0.2, 0) is 4.74 Å². The molecule has 110 valence electrons. The molecule has 2 fully saturated rings. The molecule has 2 saturated heterocycles. The number of hydrogen-bond donors (Lipinski definition) is 1. The lowest BCUT2D eigenvalue weighted by Gasteiger charge is -2.24. The Hall–Kier alpha value is -1.26. The smallest absolute Gasteiger partial charge is 0.161 e. The zero-order valence-corrected chi connectivity index (χ0v) is 12.1. The van der Waals surface area contributed by atoms with Crippen molar-refractivity contribution < 1.29 is 14.2 Å². The summed E-state index contributed by atoms with van der Waals surface area (Å²) in [6.07, 6.45) is 3.60. The molecule has 1 aromatic carbocycles. The zero-order valence-electron chi connectivity index (χ0n) is 12.1. The highest BCUT2D eigenvalue weighted by Gasteiger charge is 2.21. The van der Waals surface area contributed by atoms with Crippen LogP contribution in [0.15, 0.2) is 18.2 Å². The minimum Gasteiger partial charge on any atom is -0.493 e. The molecule has 3 rings (SSSR count). The fourth-order valence-corrected chi connectivity index (χ4v) is 2.96. The fourth-order valence-electron chi connectivity index (χ4n) is 2.96. The van der Waals surface area contributed by atoms with Crippen LogP contribution < -0.4 is 14.8 Å². The van der Waals surface area contributed by atoms with E-state index >= 15 is 0 Å². The third-order valence-corrected chi connectivity index (χ3v) is 4.14. The van der Waals surface area contributed by atoms with Crippen LogP contribution in [0.2, 0.25) is 0 Å². The molecule has 0 aromatic heterocycles. The third-order valence-electron chi connectivity index (χ3n) is 4.14. The maximum atomic E-state index is 5.97. The SMILES string of the molecule is COc1cc(C2CCCNC2)ccc1OC1CCOC1. The lowest BCUT2D eigenvalue weighted by atomic mass is 9.91. The van der Waals surface area contributed by atoms with E-state index in [1.54, 1.807) is 7.11 Å². The van der Waals surface area contributed by atoms with Crippen molar-refractivity contribution in [3.05, 3.63) is 23.8 Å². The average Bonchev–Trinajstić information content (AvgIpc) is 3.01. The maximum Gasteiger partial charge on any atom is 0.161 e. The summed E-state index contributed by atoms with van der Waals surface area (Å²) in [6, 6.07) is 6.34. The van der Waals surface area contributed by atoms with Crippen molar-refractivity contribution >= 4 is 0 Å². The predicted octanol–water partition coefficient (Wildman–Crippen LogP) is 2.33. The van der Waals surface area contributed by atoms with Crippen LogP contribution in [0.25, 0.3) is 0 Å². The van der Waals surface area contributed by atoms with Crippen LogP contribution in [-0.4, -0.2) is 39.5 Å². The fraction of sp³-hybridized carbons (Fsp3) is 0.625. The summed E-state index contributed by atoms with van der Waals surface area (Å²) < 4.78 is 16.8.